The summed E-state index contributed by atoms with van der Waals surface area (Å²) in [5, 5.41) is 9.00. The van der Waals surface area contributed by atoms with E-state index in [0.29, 0.717) is 24.1 Å². The van der Waals surface area contributed by atoms with Crippen molar-refractivity contribution >= 4 is 13.8 Å². The quantitative estimate of drug-likeness (QED) is 0.185. The van der Waals surface area contributed by atoms with Crippen molar-refractivity contribution in [3.05, 3.63) is 24.3 Å². The van der Waals surface area contributed by atoms with Gasteiger partial charge in [0.1, 0.15) is 24.1 Å². The van der Waals surface area contributed by atoms with Crippen LogP contribution in [0.4, 0.5) is 0 Å². The molecule has 0 saturated carbocycles. The molecular weight excluding hydrogens is 437 g/mol. The van der Waals surface area contributed by atoms with Crippen molar-refractivity contribution < 1.29 is 42.4 Å². The fourth-order valence-corrected chi connectivity index (χ4v) is 3.84. The van der Waals surface area contributed by atoms with E-state index < -0.39 is 19.9 Å². The molecule has 2 N–H and O–H groups in total. The topological polar surface area (TPSA) is 112 Å². The fourth-order valence-electron chi connectivity index (χ4n) is 2.90. The Bertz CT molecular complexity index is 722. The number of rotatable bonds is 18. The molecule has 1 rings (SSSR count). The average Bonchev–Trinajstić information content (AvgIpc) is 2.65. The molecule has 0 aliphatic carbocycles. The summed E-state index contributed by atoms with van der Waals surface area (Å²) in [4.78, 5) is 20.9. The number of carbonyl (C=O) groups is 1. The molecule has 0 amide bonds. The van der Waals surface area contributed by atoms with Crippen LogP contribution in [0, 0.1) is 0 Å². The number of likely N-dealkylation sites (N-methyl/N-ethyl adjacent to an activating group) is 1. The van der Waals surface area contributed by atoms with Crippen LogP contribution >= 0.6 is 7.82 Å². The van der Waals surface area contributed by atoms with E-state index in [-0.39, 0.29) is 19.6 Å². The van der Waals surface area contributed by atoms with Crippen molar-refractivity contribution in [2.75, 3.05) is 47.5 Å². The van der Waals surface area contributed by atoms with Crippen molar-refractivity contribution in [1.82, 2.24) is 0 Å². The molecule has 0 radical (unpaired) electrons. The van der Waals surface area contributed by atoms with Crippen LogP contribution in [-0.2, 0) is 18.4 Å². The van der Waals surface area contributed by atoms with Crippen LogP contribution < -0.4 is 9.47 Å². The maximum Gasteiger partial charge on any atom is 0.472 e. The molecule has 2 unspecified atom stereocenters. The van der Waals surface area contributed by atoms with E-state index in [0.717, 1.165) is 37.2 Å². The summed E-state index contributed by atoms with van der Waals surface area (Å²) in [7, 11) is 1.21. The largest absolute Gasteiger partial charge is 0.493 e. The van der Waals surface area contributed by atoms with Crippen molar-refractivity contribution in [1.29, 1.82) is 0 Å². The van der Waals surface area contributed by atoms with Crippen LogP contribution in [0.2, 0.25) is 0 Å². The highest BCUT2D eigenvalue weighted by molar-refractivity contribution is 7.47. The van der Waals surface area contributed by atoms with Crippen molar-refractivity contribution in [3.8, 4) is 11.5 Å². The second-order valence-electron chi connectivity index (χ2n) is 8.69. The molecule has 1 aromatic rings. The predicted octanol–water partition coefficient (Wildman–Crippen LogP) is 4.10. The summed E-state index contributed by atoms with van der Waals surface area (Å²) in [6, 6.07) is 7.52. The first kappa shape index (κ1) is 28.4. The summed E-state index contributed by atoms with van der Waals surface area (Å²) in [6.45, 7) is 3.62. The second kappa shape index (κ2) is 14.5. The Morgan fingerprint density at radius 3 is 2.19 bits per heavy atom. The molecule has 32 heavy (non-hydrogen) atoms. The second-order valence-corrected chi connectivity index (χ2v) is 10.1. The van der Waals surface area contributed by atoms with Crippen LogP contribution in [0.15, 0.2) is 24.3 Å². The molecule has 0 aliphatic heterocycles. The molecule has 0 aliphatic rings. The van der Waals surface area contributed by atoms with Gasteiger partial charge < -0.3 is 24.0 Å². The van der Waals surface area contributed by atoms with E-state index >= 15 is 0 Å². The number of ether oxygens (including phenoxy) is 2. The lowest BCUT2D eigenvalue weighted by atomic mass is 10.2. The molecule has 10 heteroatoms. The van der Waals surface area contributed by atoms with E-state index in [1.807, 2.05) is 45.4 Å². The van der Waals surface area contributed by atoms with Gasteiger partial charge in [-0.15, -0.1) is 0 Å². The van der Waals surface area contributed by atoms with Gasteiger partial charge in [0.15, 0.2) is 0 Å². The van der Waals surface area contributed by atoms with Gasteiger partial charge in [-0.05, 0) is 37.8 Å². The number of hydrogen-bond acceptors (Lipinski definition) is 6. The van der Waals surface area contributed by atoms with Crippen LogP contribution in [-0.4, -0.2) is 74.1 Å². The number of phosphoric acid groups is 1. The number of quaternary nitrogens is 1. The predicted molar refractivity (Wildman–Crippen MR) is 122 cm³/mol. The third-order valence-corrected chi connectivity index (χ3v) is 5.39. The molecule has 184 valence electrons. The van der Waals surface area contributed by atoms with Gasteiger partial charge in [-0.3, -0.25) is 13.8 Å². The van der Waals surface area contributed by atoms with Gasteiger partial charge in [0.2, 0.25) is 0 Å². The third kappa shape index (κ3) is 14.4. The zero-order chi connectivity index (χ0) is 24.0. The molecule has 0 fully saturated rings. The van der Waals surface area contributed by atoms with Gasteiger partial charge in [-0.1, -0.05) is 19.4 Å². The van der Waals surface area contributed by atoms with Gasteiger partial charge >= 0.3 is 13.8 Å². The zero-order valence-electron chi connectivity index (χ0n) is 19.7. The Kier molecular flexibility index (Phi) is 12.9. The average molecular weight is 477 g/mol. The Morgan fingerprint density at radius 1 is 1.03 bits per heavy atom. The summed E-state index contributed by atoms with van der Waals surface area (Å²) in [5.74, 6) is 0.432. The van der Waals surface area contributed by atoms with Crippen molar-refractivity contribution in [2.24, 2.45) is 0 Å². The van der Waals surface area contributed by atoms with Crippen molar-refractivity contribution in [3.63, 3.8) is 0 Å². The SMILES string of the molecule is CCCCOc1cccc(OCCCCCOP(=O)(O)OC(CC(=O)O)C[N+](C)(C)C)c1. The smallest absolute Gasteiger partial charge is 0.472 e. The molecule has 9 nitrogen and oxygen atoms in total. The highest BCUT2D eigenvalue weighted by atomic mass is 31.2. The van der Waals surface area contributed by atoms with E-state index in [1.54, 1.807) is 0 Å². The van der Waals surface area contributed by atoms with E-state index in [4.69, 9.17) is 23.6 Å². The monoisotopic (exact) mass is 476 g/mol. The number of unbranched alkanes of at least 4 members (excludes halogenated alkanes) is 3. The number of phosphoric ester groups is 1. The lowest BCUT2D eigenvalue weighted by Gasteiger charge is -2.29. The number of aliphatic carboxylic acids is 1. The van der Waals surface area contributed by atoms with E-state index in [2.05, 4.69) is 6.92 Å². The Labute approximate surface area is 191 Å². The van der Waals surface area contributed by atoms with E-state index in [1.165, 1.54) is 0 Å². The number of carboxylic acids is 1. The summed E-state index contributed by atoms with van der Waals surface area (Å²) < 4.78 is 34.1. The van der Waals surface area contributed by atoms with Gasteiger partial charge in [0.05, 0.1) is 47.4 Å². The Hall–Kier alpha value is -1.64. The molecular formula is C22H39NO8P+. The Morgan fingerprint density at radius 2 is 1.62 bits per heavy atom. The minimum atomic E-state index is -4.33. The van der Waals surface area contributed by atoms with Crippen LogP contribution in [0.25, 0.3) is 0 Å². The molecule has 0 saturated heterocycles. The minimum absolute atomic E-state index is 0.0404. The minimum Gasteiger partial charge on any atom is -0.493 e. The maximum atomic E-state index is 12.2. The lowest BCUT2D eigenvalue weighted by molar-refractivity contribution is -0.873. The molecule has 0 bridgehead atoms. The fraction of sp³-hybridized carbons (Fsp3) is 0.682. The highest BCUT2D eigenvalue weighted by Crippen LogP contribution is 2.45. The Balaban J connectivity index is 2.28. The molecule has 2 atom stereocenters. The van der Waals surface area contributed by atoms with E-state index in [9.17, 15) is 14.3 Å². The first-order valence-electron chi connectivity index (χ1n) is 11.0. The number of benzene rings is 1. The van der Waals surface area contributed by atoms with Gasteiger partial charge in [0, 0.05) is 6.07 Å². The maximum absolute atomic E-state index is 12.2. The number of carboxylic acid groups (broad SMARTS) is 1. The number of hydrogen-bond donors (Lipinski definition) is 2. The first-order chi connectivity index (χ1) is 15.0. The zero-order valence-corrected chi connectivity index (χ0v) is 20.6. The molecule has 0 spiro atoms. The molecule has 0 aromatic heterocycles. The third-order valence-electron chi connectivity index (χ3n) is 4.32. The first-order valence-corrected chi connectivity index (χ1v) is 12.5. The number of nitrogens with zero attached hydrogens (tertiary/aromatic N) is 1. The van der Waals surface area contributed by atoms with Gasteiger partial charge in [0.25, 0.3) is 0 Å². The molecule has 1 aromatic carbocycles. The van der Waals surface area contributed by atoms with Gasteiger partial charge in [-0.25, -0.2) is 4.57 Å². The summed E-state index contributed by atoms with van der Waals surface area (Å²) >= 11 is 0. The normalized spacial score (nSPS) is 14.5. The van der Waals surface area contributed by atoms with Crippen LogP contribution in [0.5, 0.6) is 11.5 Å². The standard InChI is InChI=1S/C22H38NO8P/c1-5-6-13-28-19-11-10-12-20(16-19)29-14-8-7-9-15-30-32(26,27)31-21(17-22(24)25)18-23(2,3)4/h10-12,16,21H,5-9,13-15,17-18H2,1-4H3,(H-,24,25,26,27)/p+1. The molecule has 0 heterocycles. The highest BCUT2D eigenvalue weighted by Gasteiger charge is 2.31. The lowest BCUT2D eigenvalue weighted by Crippen LogP contribution is -2.42. The van der Waals surface area contributed by atoms with Crippen LogP contribution in [0.1, 0.15) is 45.4 Å². The summed E-state index contributed by atoms with van der Waals surface area (Å²) in [5.41, 5.74) is 0. The van der Waals surface area contributed by atoms with Gasteiger partial charge in [-0.2, -0.15) is 0 Å². The summed E-state index contributed by atoms with van der Waals surface area (Å²) in [6.07, 6.45) is 2.85. The van der Waals surface area contributed by atoms with Crippen molar-refractivity contribution in [2.45, 2.75) is 51.6 Å². The van der Waals surface area contributed by atoms with Crippen LogP contribution in [0.3, 0.4) is 0 Å².